The Bertz CT molecular complexity index is 790. The lowest BCUT2D eigenvalue weighted by molar-refractivity contribution is 0.271. The number of nitrogens with one attached hydrogen (secondary N) is 2. The van der Waals surface area contributed by atoms with Gasteiger partial charge in [0.1, 0.15) is 0 Å². The Morgan fingerprint density at radius 2 is 1.88 bits per heavy atom. The molecule has 1 saturated heterocycles. The lowest BCUT2D eigenvalue weighted by Crippen LogP contribution is -2.46. The van der Waals surface area contributed by atoms with Crippen LogP contribution in [0.4, 0.5) is 17.3 Å². The minimum absolute atomic E-state index is 0.00425. The predicted octanol–water partition coefficient (Wildman–Crippen LogP) is 2.14. The highest BCUT2D eigenvalue weighted by molar-refractivity contribution is 5.59. The maximum atomic E-state index is 12.1. The molecule has 2 aliphatic rings. The largest absolute Gasteiger partial charge is 0.369 e. The van der Waals surface area contributed by atoms with Gasteiger partial charge in [0.2, 0.25) is 5.95 Å². The molecule has 0 unspecified atom stereocenters. The molecule has 1 aliphatic carbocycles. The van der Waals surface area contributed by atoms with Crippen LogP contribution >= 0.6 is 0 Å². The Hall–Kier alpha value is -2.34. The fourth-order valence-electron chi connectivity index (χ4n) is 3.72. The fraction of sp³-hybridized carbons (Fsp3) is 0.474. The number of likely N-dealkylation sites (N-methyl/N-ethyl adjacent to an activating group) is 1. The third-order valence-corrected chi connectivity index (χ3v) is 5.26. The van der Waals surface area contributed by atoms with Gasteiger partial charge in [0, 0.05) is 43.1 Å². The van der Waals surface area contributed by atoms with Crippen LogP contribution in [0.1, 0.15) is 24.6 Å². The first-order chi connectivity index (χ1) is 12.2. The van der Waals surface area contributed by atoms with E-state index in [-0.39, 0.29) is 5.56 Å². The average molecular weight is 339 g/mol. The van der Waals surface area contributed by atoms with E-state index in [1.165, 1.54) is 5.69 Å². The van der Waals surface area contributed by atoms with Crippen molar-refractivity contribution in [2.45, 2.75) is 26.2 Å². The molecule has 1 aromatic carbocycles. The first-order valence-electron chi connectivity index (χ1n) is 9.19. The third kappa shape index (κ3) is 3.39. The van der Waals surface area contributed by atoms with Crippen molar-refractivity contribution >= 4 is 17.3 Å². The van der Waals surface area contributed by atoms with E-state index in [1.54, 1.807) is 0 Å². The number of anilines is 3. The summed E-state index contributed by atoms with van der Waals surface area (Å²) in [5.74, 6) is 0.537. The molecule has 0 atom stereocenters. The van der Waals surface area contributed by atoms with Gasteiger partial charge in [0.15, 0.2) is 0 Å². The molecule has 6 heteroatoms. The van der Waals surface area contributed by atoms with Gasteiger partial charge >= 0.3 is 0 Å². The maximum Gasteiger partial charge on any atom is 0.255 e. The standard InChI is InChI=1S/C19H25N5O/c1-2-23-10-12-24(13-11-23)15-8-6-14(7-9-15)20-19-21-17-5-3-4-16(17)18(25)22-19/h6-9H,2-5,10-13H2,1H3,(H2,20,21,22,25). The van der Waals surface area contributed by atoms with Crippen LogP contribution in [0.2, 0.25) is 0 Å². The van der Waals surface area contributed by atoms with E-state index >= 15 is 0 Å². The van der Waals surface area contributed by atoms with Crippen LogP contribution in [0.15, 0.2) is 29.1 Å². The summed E-state index contributed by atoms with van der Waals surface area (Å²) in [5, 5.41) is 3.23. The van der Waals surface area contributed by atoms with E-state index in [0.29, 0.717) is 5.95 Å². The van der Waals surface area contributed by atoms with Crippen molar-refractivity contribution in [3.63, 3.8) is 0 Å². The Morgan fingerprint density at radius 3 is 2.60 bits per heavy atom. The van der Waals surface area contributed by atoms with E-state index in [4.69, 9.17) is 0 Å². The topological polar surface area (TPSA) is 64.3 Å². The van der Waals surface area contributed by atoms with Crippen LogP contribution in [0.3, 0.4) is 0 Å². The molecule has 132 valence electrons. The summed E-state index contributed by atoms with van der Waals surface area (Å²) in [6.45, 7) is 7.73. The molecule has 2 heterocycles. The van der Waals surface area contributed by atoms with Crippen LogP contribution in [0.25, 0.3) is 0 Å². The van der Waals surface area contributed by atoms with Crippen molar-refractivity contribution in [2.75, 3.05) is 42.9 Å². The summed E-state index contributed by atoms with van der Waals surface area (Å²) in [6, 6.07) is 8.37. The Kier molecular flexibility index (Phi) is 4.44. The number of rotatable bonds is 4. The summed E-state index contributed by atoms with van der Waals surface area (Å²) < 4.78 is 0. The van der Waals surface area contributed by atoms with E-state index in [9.17, 15) is 4.79 Å². The number of aromatic amines is 1. The van der Waals surface area contributed by atoms with Gasteiger partial charge in [-0.25, -0.2) is 4.98 Å². The second-order valence-corrected chi connectivity index (χ2v) is 6.79. The van der Waals surface area contributed by atoms with E-state index in [1.807, 2.05) is 0 Å². The zero-order valence-corrected chi connectivity index (χ0v) is 14.7. The number of aromatic nitrogens is 2. The molecule has 6 nitrogen and oxygen atoms in total. The predicted molar refractivity (Wildman–Crippen MR) is 101 cm³/mol. The molecule has 0 amide bonds. The van der Waals surface area contributed by atoms with Crippen molar-refractivity contribution in [3.8, 4) is 0 Å². The number of hydrogen-bond acceptors (Lipinski definition) is 5. The van der Waals surface area contributed by atoms with Crippen LogP contribution in [0.5, 0.6) is 0 Å². The zero-order valence-electron chi connectivity index (χ0n) is 14.7. The van der Waals surface area contributed by atoms with Gasteiger partial charge in [-0.2, -0.15) is 0 Å². The molecule has 4 rings (SSSR count). The highest BCUT2D eigenvalue weighted by atomic mass is 16.1. The monoisotopic (exact) mass is 339 g/mol. The fourth-order valence-corrected chi connectivity index (χ4v) is 3.72. The van der Waals surface area contributed by atoms with E-state index in [2.05, 4.69) is 56.3 Å². The normalized spacial score (nSPS) is 17.6. The van der Waals surface area contributed by atoms with Crippen LogP contribution in [-0.2, 0) is 12.8 Å². The Morgan fingerprint density at radius 1 is 1.12 bits per heavy atom. The first-order valence-corrected chi connectivity index (χ1v) is 9.19. The van der Waals surface area contributed by atoms with Crippen molar-refractivity contribution in [3.05, 3.63) is 45.9 Å². The van der Waals surface area contributed by atoms with Gasteiger partial charge in [-0.15, -0.1) is 0 Å². The smallest absolute Gasteiger partial charge is 0.255 e. The Labute approximate surface area is 147 Å². The molecule has 2 N–H and O–H groups in total. The van der Waals surface area contributed by atoms with Gasteiger partial charge in [-0.1, -0.05) is 6.92 Å². The molecular formula is C19H25N5O. The van der Waals surface area contributed by atoms with Crippen molar-refractivity contribution in [1.82, 2.24) is 14.9 Å². The van der Waals surface area contributed by atoms with Crippen LogP contribution in [0, 0.1) is 0 Å². The number of benzene rings is 1. The number of H-pyrrole nitrogens is 1. The highest BCUT2D eigenvalue weighted by Crippen LogP contribution is 2.22. The van der Waals surface area contributed by atoms with E-state index < -0.39 is 0 Å². The van der Waals surface area contributed by atoms with Gasteiger partial charge in [0.05, 0.1) is 5.69 Å². The molecule has 1 aliphatic heterocycles. The second kappa shape index (κ2) is 6.88. The summed E-state index contributed by atoms with van der Waals surface area (Å²) in [4.78, 5) is 24.4. The minimum Gasteiger partial charge on any atom is -0.369 e. The first kappa shape index (κ1) is 16.1. The minimum atomic E-state index is -0.00425. The molecule has 1 fully saturated rings. The van der Waals surface area contributed by atoms with Crippen molar-refractivity contribution in [1.29, 1.82) is 0 Å². The van der Waals surface area contributed by atoms with E-state index in [0.717, 1.165) is 68.9 Å². The number of fused-ring (bicyclic) bond motifs is 1. The molecule has 2 aromatic rings. The van der Waals surface area contributed by atoms with Gasteiger partial charge < -0.3 is 15.1 Å². The lowest BCUT2D eigenvalue weighted by Gasteiger charge is -2.35. The zero-order chi connectivity index (χ0) is 17.2. The lowest BCUT2D eigenvalue weighted by atomic mass is 10.2. The molecule has 0 bridgehead atoms. The molecule has 0 saturated carbocycles. The number of aryl methyl sites for hydroxylation is 1. The Balaban J connectivity index is 1.44. The van der Waals surface area contributed by atoms with Gasteiger partial charge in [0.25, 0.3) is 5.56 Å². The van der Waals surface area contributed by atoms with Gasteiger partial charge in [-0.05, 0) is 50.1 Å². The number of piperazine rings is 1. The van der Waals surface area contributed by atoms with Crippen molar-refractivity contribution in [2.24, 2.45) is 0 Å². The summed E-state index contributed by atoms with van der Waals surface area (Å²) >= 11 is 0. The average Bonchev–Trinajstić information content (AvgIpc) is 3.12. The highest BCUT2D eigenvalue weighted by Gasteiger charge is 2.18. The summed E-state index contributed by atoms with van der Waals surface area (Å²) in [5.41, 5.74) is 3.98. The van der Waals surface area contributed by atoms with Crippen LogP contribution in [-0.4, -0.2) is 47.6 Å². The molecular weight excluding hydrogens is 314 g/mol. The molecule has 1 aromatic heterocycles. The SMILES string of the molecule is CCN1CCN(c2ccc(Nc3nc4c(c(=O)[nH]3)CCC4)cc2)CC1. The number of nitrogens with zero attached hydrogens (tertiary/aromatic N) is 3. The number of hydrogen-bond donors (Lipinski definition) is 2. The van der Waals surface area contributed by atoms with Crippen molar-refractivity contribution < 1.29 is 0 Å². The third-order valence-electron chi connectivity index (χ3n) is 5.26. The summed E-state index contributed by atoms with van der Waals surface area (Å²) in [7, 11) is 0. The molecule has 0 spiro atoms. The molecule has 0 radical (unpaired) electrons. The summed E-state index contributed by atoms with van der Waals surface area (Å²) in [6.07, 6.45) is 2.77. The maximum absolute atomic E-state index is 12.1. The molecule has 25 heavy (non-hydrogen) atoms. The quantitative estimate of drug-likeness (QED) is 0.893. The second-order valence-electron chi connectivity index (χ2n) is 6.79. The van der Waals surface area contributed by atoms with Crippen LogP contribution < -0.4 is 15.8 Å². The van der Waals surface area contributed by atoms with Gasteiger partial charge in [-0.3, -0.25) is 9.78 Å².